The van der Waals surface area contributed by atoms with E-state index >= 15 is 0 Å². The van der Waals surface area contributed by atoms with Gasteiger partial charge in [0.1, 0.15) is 24.4 Å². The quantitative estimate of drug-likeness (QED) is 0.118. The molecule has 7 N–H and O–H groups in total. The first-order valence-corrected chi connectivity index (χ1v) is 12.2. The summed E-state index contributed by atoms with van der Waals surface area (Å²) < 4.78 is 26.4. The number of carboxylic acid groups (broad SMARTS) is 1. The molecule has 222 valence electrons. The third-order valence-electron chi connectivity index (χ3n) is 6.62. The Hall–Kier alpha value is -3.47. The topological polar surface area (TPSA) is 239 Å². The van der Waals surface area contributed by atoms with Gasteiger partial charge in [0.15, 0.2) is 17.8 Å². The van der Waals surface area contributed by atoms with Gasteiger partial charge in [-0.05, 0) is 17.7 Å². The van der Waals surface area contributed by atoms with Gasteiger partial charge in [-0.1, -0.05) is 6.07 Å². The average molecular weight is 573 g/mol. The lowest BCUT2D eigenvalue weighted by Crippen LogP contribution is -2.60. The van der Waals surface area contributed by atoms with Crippen molar-refractivity contribution < 1.29 is 73.8 Å². The minimum atomic E-state index is -1.82. The molecule has 0 saturated carbocycles. The molecule has 0 aliphatic carbocycles. The molecular formula is C25H32O15. The van der Waals surface area contributed by atoms with Crippen LogP contribution < -0.4 is 0 Å². The molecule has 0 spiro atoms. The predicted octanol–water partition coefficient (Wildman–Crippen LogP) is -1.49. The summed E-state index contributed by atoms with van der Waals surface area (Å²) in [5.74, 6) is -6.10. The normalized spacial score (nSPS) is 30.1. The molecule has 8 atom stereocenters. The van der Waals surface area contributed by atoms with E-state index in [1.807, 2.05) is 0 Å². The summed E-state index contributed by atoms with van der Waals surface area (Å²) in [5, 5.41) is 68.4. The Kier molecular flexibility index (Phi) is 10.7. The van der Waals surface area contributed by atoms with Crippen LogP contribution in [0.5, 0.6) is 11.5 Å². The maximum atomic E-state index is 12.7. The Morgan fingerprint density at radius 1 is 0.975 bits per heavy atom. The summed E-state index contributed by atoms with van der Waals surface area (Å²) in [7, 11) is 1.08. The van der Waals surface area contributed by atoms with Crippen molar-refractivity contribution >= 4 is 17.9 Å². The van der Waals surface area contributed by atoms with E-state index in [1.165, 1.54) is 18.2 Å². The van der Waals surface area contributed by atoms with Crippen molar-refractivity contribution in [2.24, 2.45) is 11.8 Å². The van der Waals surface area contributed by atoms with Crippen LogP contribution in [-0.4, -0.2) is 111 Å². The van der Waals surface area contributed by atoms with Gasteiger partial charge in [-0.25, -0.2) is 4.79 Å². The standard InChI is InChI=1S/C25H32O15/c1-36-23(35)14-10-38-24(40-25-22(34)21(33)20(32)17(9-26)39-25)13(7-18(29)30)12(14)8-19(31)37-5-4-11-2-3-15(27)16(28)6-11/h2-3,6,10,12-13,17,20-22,24-28,32-34H,4-5,7-9H2,1H3,(H,29,30)/t12-,13-,17-,20+,21+,22+,24-,25-/m0/s1. The zero-order valence-corrected chi connectivity index (χ0v) is 21.4. The molecule has 40 heavy (non-hydrogen) atoms. The van der Waals surface area contributed by atoms with Gasteiger partial charge in [-0.15, -0.1) is 0 Å². The maximum Gasteiger partial charge on any atom is 0.337 e. The van der Waals surface area contributed by atoms with Gasteiger partial charge in [-0.3, -0.25) is 9.59 Å². The van der Waals surface area contributed by atoms with Gasteiger partial charge in [0, 0.05) is 18.3 Å². The van der Waals surface area contributed by atoms with Crippen LogP contribution in [0.1, 0.15) is 18.4 Å². The number of aliphatic hydroxyl groups is 4. The summed E-state index contributed by atoms with van der Waals surface area (Å²) in [5.41, 5.74) is 0.379. The maximum absolute atomic E-state index is 12.7. The Balaban J connectivity index is 1.77. The fourth-order valence-electron chi connectivity index (χ4n) is 4.46. The highest BCUT2D eigenvalue weighted by Gasteiger charge is 2.49. The van der Waals surface area contributed by atoms with Crippen LogP contribution in [0.25, 0.3) is 0 Å². The van der Waals surface area contributed by atoms with Crippen LogP contribution in [0.15, 0.2) is 30.0 Å². The number of esters is 2. The first-order chi connectivity index (χ1) is 19.0. The number of carboxylic acids is 1. The minimum Gasteiger partial charge on any atom is -0.504 e. The Labute approximate surface area is 227 Å². The molecule has 15 nitrogen and oxygen atoms in total. The van der Waals surface area contributed by atoms with E-state index in [1.54, 1.807) is 0 Å². The second-order valence-electron chi connectivity index (χ2n) is 9.27. The summed E-state index contributed by atoms with van der Waals surface area (Å²) in [6.07, 6.45) is -9.86. The van der Waals surface area contributed by atoms with E-state index < -0.39 is 86.2 Å². The monoisotopic (exact) mass is 572 g/mol. The molecule has 1 saturated heterocycles. The summed E-state index contributed by atoms with van der Waals surface area (Å²) in [6.45, 7) is -0.878. The van der Waals surface area contributed by atoms with Gasteiger partial charge in [0.05, 0.1) is 45.0 Å². The molecule has 15 heteroatoms. The van der Waals surface area contributed by atoms with Crippen LogP contribution in [-0.2, 0) is 44.5 Å². The first kappa shape index (κ1) is 31.1. The van der Waals surface area contributed by atoms with Gasteiger partial charge < -0.3 is 59.4 Å². The van der Waals surface area contributed by atoms with E-state index in [-0.39, 0.29) is 30.1 Å². The Bertz CT molecular complexity index is 1090. The second kappa shape index (κ2) is 13.7. The lowest BCUT2D eigenvalue weighted by molar-refractivity contribution is -0.341. The SMILES string of the molecule is COC(=O)C1=CO[C@@H](O[C@@H]2O[C@@H](CO)[C@@H](O)[C@@H](O)[C@H]2O)[C@@H](CC(=O)O)[C@@H]1CC(=O)OCCc1ccc(O)c(O)c1. The van der Waals surface area contributed by atoms with Crippen LogP contribution in [0.3, 0.4) is 0 Å². The van der Waals surface area contributed by atoms with Gasteiger partial charge in [0.25, 0.3) is 0 Å². The number of carbonyl (C=O) groups is 3. The van der Waals surface area contributed by atoms with E-state index in [0.717, 1.165) is 13.4 Å². The fraction of sp³-hybridized carbons (Fsp3) is 0.560. The molecule has 0 unspecified atom stereocenters. The lowest BCUT2D eigenvalue weighted by Gasteiger charge is -2.43. The van der Waals surface area contributed by atoms with Crippen LogP contribution in [0.2, 0.25) is 0 Å². The number of hydrogen-bond acceptors (Lipinski definition) is 14. The third-order valence-corrected chi connectivity index (χ3v) is 6.62. The van der Waals surface area contributed by atoms with Crippen molar-refractivity contribution in [2.45, 2.75) is 56.3 Å². The number of phenols is 2. The number of phenolic OH excluding ortho intramolecular Hbond substituents is 2. The molecule has 3 rings (SSSR count). The first-order valence-electron chi connectivity index (χ1n) is 12.2. The summed E-state index contributed by atoms with van der Waals surface area (Å²) >= 11 is 0. The summed E-state index contributed by atoms with van der Waals surface area (Å²) in [6, 6.07) is 4.08. The van der Waals surface area contributed by atoms with Crippen molar-refractivity contribution in [1.82, 2.24) is 0 Å². The van der Waals surface area contributed by atoms with Crippen molar-refractivity contribution in [1.29, 1.82) is 0 Å². The van der Waals surface area contributed by atoms with Crippen molar-refractivity contribution in [2.75, 3.05) is 20.3 Å². The molecule has 0 radical (unpaired) electrons. The van der Waals surface area contributed by atoms with Crippen molar-refractivity contribution in [3.8, 4) is 11.5 Å². The number of rotatable bonds is 11. The minimum absolute atomic E-state index is 0.141. The zero-order valence-electron chi connectivity index (χ0n) is 21.4. The van der Waals surface area contributed by atoms with Crippen LogP contribution >= 0.6 is 0 Å². The molecule has 1 aromatic rings. The predicted molar refractivity (Wildman–Crippen MR) is 128 cm³/mol. The number of benzene rings is 1. The number of ether oxygens (including phenoxy) is 5. The van der Waals surface area contributed by atoms with E-state index in [0.29, 0.717) is 5.56 Å². The zero-order chi connectivity index (χ0) is 29.6. The molecule has 0 aromatic heterocycles. The van der Waals surface area contributed by atoms with E-state index in [2.05, 4.69) is 0 Å². The molecule has 2 aliphatic heterocycles. The van der Waals surface area contributed by atoms with E-state index in [4.69, 9.17) is 23.7 Å². The number of hydrogen-bond donors (Lipinski definition) is 7. The lowest BCUT2D eigenvalue weighted by atomic mass is 9.79. The van der Waals surface area contributed by atoms with Crippen LogP contribution in [0, 0.1) is 11.8 Å². The smallest absolute Gasteiger partial charge is 0.337 e. The molecule has 1 fully saturated rings. The number of aromatic hydroxyl groups is 2. The average Bonchev–Trinajstić information content (AvgIpc) is 2.92. The van der Waals surface area contributed by atoms with E-state index in [9.17, 15) is 50.1 Å². The van der Waals surface area contributed by atoms with Gasteiger partial charge >= 0.3 is 17.9 Å². The number of methoxy groups -OCH3 is 1. The highest BCUT2D eigenvalue weighted by atomic mass is 16.8. The molecule has 2 aliphatic rings. The highest BCUT2D eigenvalue weighted by molar-refractivity contribution is 5.90. The fourth-order valence-corrected chi connectivity index (χ4v) is 4.46. The highest BCUT2D eigenvalue weighted by Crippen LogP contribution is 2.38. The molecular weight excluding hydrogens is 540 g/mol. The molecule has 0 amide bonds. The number of carbonyl (C=O) groups excluding carboxylic acids is 2. The summed E-state index contributed by atoms with van der Waals surface area (Å²) in [4.78, 5) is 36.9. The Morgan fingerprint density at radius 2 is 1.70 bits per heavy atom. The number of aliphatic carboxylic acids is 1. The largest absolute Gasteiger partial charge is 0.504 e. The van der Waals surface area contributed by atoms with Gasteiger partial charge in [-0.2, -0.15) is 0 Å². The van der Waals surface area contributed by atoms with Gasteiger partial charge in [0.2, 0.25) is 6.29 Å². The molecule has 1 aromatic carbocycles. The van der Waals surface area contributed by atoms with Crippen molar-refractivity contribution in [3.05, 3.63) is 35.6 Å². The second-order valence-corrected chi connectivity index (χ2v) is 9.27. The van der Waals surface area contributed by atoms with Crippen molar-refractivity contribution in [3.63, 3.8) is 0 Å². The van der Waals surface area contributed by atoms with Crippen LogP contribution in [0.4, 0.5) is 0 Å². The number of aliphatic hydroxyl groups excluding tert-OH is 4. The third kappa shape index (κ3) is 7.38. The molecule has 2 heterocycles. The Morgan fingerprint density at radius 3 is 2.33 bits per heavy atom. The molecule has 0 bridgehead atoms.